The molecule has 23 heavy (non-hydrogen) atoms. The van der Waals surface area contributed by atoms with E-state index < -0.39 is 0 Å². The molecule has 1 aromatic heterocycles. The summed E-state index contributed by atoms with van der Waals surface area (Å²) in [7, 11) is 2.02. The summed E-state index contributed by atoms with van der Waals surface area (Å²) in [5.41, 5.74) is 4.24. The Balaban J connectivity index is 1.87. The second kappa shape index (κ2) is 6.50. The lowest BCUT2D eigenvalue weighted by molar-refractivity contribution is -0.115. The maximum Gasteiger partial charge on any atom is 0.230 e. The predicted molar refractivity (Wildman–Crippen MR) is 98.2 cm³/mol. The highest BCUT2D eigenvalue weighted by atomic mass is 32.2. The molecule has 2 aromatic carbocycles. The lowest BCUT2D eigenvalue weighted by atomic mass is 10.2. The largest absolute Gasteiger partial charge is 0.346 e. The summed E-state index contributed by atoms with van der Waals surface area (Å²) in [6, 6.07) is 16.1. The second-order valence-corrected chi connectivity index (χ2v) is 6.46. The van der Waals surface area contributed by atoms with Crippen LogP contribution in [-0.2, 0) is 18.3 Å². The van der Waals surface area contributed by atoms with Crippen LogP contribution in [0, 0.1) is 6.92 Å². The van der Waals surface area contributed by atoms with Gasteiger partial charge in [-0.1, -0.05) is 35.9 Å². The van der Waals surface area contributed by atoms with Crippen LogP contribution >= 0.6 is 11.8 Å². The maximum absolute atomic E-state index is 12.4. The molecule has 0 spiro atoms. The molecule has 1 heterocycles. The van der Waals surface area contributed by atoms with Crippen molar-refractivity contribution in [3.8, 4) is 0 Å². The average molecular weight is 324 g/mol. The van der Waals surface area contributed by atoms with Crippen molar-refractivity contribution in [2.75, 3.05) is 11.6 Å². The van der Waals surface area contributed by atoms with Crippen molar-refractivity contribution in [1.29, 1.82) is 0 Å². The molecule has 3 rings (SSSR count). The highest BCUT2D eigenvalue weighted by Crippen LogP contribution is 2.32. The standard InChI is InChI=1S/C19H20N2OS/c1-13-8-10-14(11-9-13)20-18(22)12-17-19(23-3)15-6-4-5-7-16(15)21(17)2/h4-11H,12H2,1-3H3,(H,20,22). The van der Waals surface area contributed by atoms with E-state index in [-0.39, 0.29) is 5.91 Å². The first-order valence-electron chi connectivity index (χ1n) is 7.57. The van der Waals surface area contributed by atoms with E-state index in [2.05, 4.69) is 28.3 Å². The number of rotatable bonds is 4. The molecule has 0 bridgehead atoms. The molecule has 4 heteroatoms. The smallest absolute Gasteiger partial charge is 0.230 e. The molecule has 1 amide bonds. The van der Waals surface area contributed by atoms with Crippen molar-refractivity contribution < 1.29 is 4.79 Å². The molecule has 3 aromatic rings. The number of nitrogens with zero attached hydrogens (tertiary/aromatic N) is 1. The zero-order valence-corrected chi connectivity index (χ0v) is 14.4. The summed E-state index contributed by atoms with van der Waals surface area (Å²) in [6.45, 7) is 2.03. The number of carbonyl (C=O) groups is 1. The number of benzene rings is 2. The number of para-hydroxylation sites is 1. The van der Waals surface area contributed by atoms with Gasteiger partial charge in [0.2, 0.25) is 5.91 Å². The van der Waals surface area contributed by atoms with Crippen molar-refractivity contribution in [1.82, 2.24) is 4.57 Å². The van der Waals surface area contributed by atoms with E-state index in [0.717, 1.165) is 16.9 Å². The van der Waals surface area contributed by atoms with Crippen LogP contribution in [0.15, 0.2) is 53.4 Å². The van der Waals surface area contributed by atoms with Gasteiger partial charge < -0.3 is 9.88 Å². The first-order chi connectivity index (χ1) is 11.1. The van der Waals surface area contributed by atoms with Crippen LogP contribution in [0.1, 0.15) is 11.3 Å². The van der Waals surface area contributed by atoms with Crippen molar-refractivity contribution in [3.63, 3.8) is 0 Å². The van der Waals surface area contributed by atoms with Crippen LogP contribution in [0.5, 0.6) is 0 Å². The van der Waals surface area contributed by atoms with Crippen LogP contribution in [-0.4, -0.2) is 16.7 Å². The van der Waals surface area contributed by atoms with Gasteiger partial charge in [-0.05, 0) is 31.4 Å². The number of aryl methyl sites for hydroxylation is 2. The SMILES string of the molecule is CSc1c(CC(=O)Nc2ccc(C)cc2)n(C)c2ccccc12. The third-order valence-corrected chi connectivity index (χ3v) is 4.91. The number of anilines is 1. The van der Waals surface area contributed by atoms with Gasteiger partial charge in [0.05, 0.1) is 6.42 Å². The molecule has 0 fully saturated rings. The molecule has 0 atom stereocenters. The van der Waals surface area contributed by atoms with Gasteiger partial charge in [-0.25, -0.2) is 0 Å². The highest BCUT2D eigenvalue weighted by Gasteiger charge is 2.16. The fourth-order valence-corrected chi connectivity index (χ4v) is 3.67. The molecule has 0 aliphatic heterocycles. The predicted octanol–water partition coefficient (Wildman–Crippen LogP) is 4.39. The molecule has 0 saturated heterocycles. The lowest BCUT2D eigenvalue weighted by Crippen LogP contribution is -2.16. The molecule has 0 aliphatic carbocycles. The monoisotopic (exact) mass is 324 g/mol. The van der Waals surface area contributed by atoms with Crippen molar-refractivity contribution in [2.24, 2.45) is 7.05 Å². The Morgan fingerprint density at radius 2 is 1.83 bits per heavy atom. The van der Waals surface area contributed by atoms with Gasteiger partial charge in [0.1, 0.15) is 0 Å². The second-order valence-electron chi connectivity index (χ2n) is 5.65. The first kappa shape index (κ1) is 15.7. The Morgan fingerprint density at radius 3 is 2.52 bits per heavy atom. The highest BCUT2D eigenvalue weighted by molar-refractivity contribution is 7.98. The summed E-state index contributed by atoms with van der Waals surface area (Å²) in [6.07, 6.45) is 2.43. The first-order valence-corrected chi connectivity index (χ1v) is 8.79. The van der Waals surface area contributed by atoms with Gasteiger partial charge in [0, 0.05) is 34.2 Å². The Bertz CT molecular complexity index is 850. The van der Waals surface area contributed by atoms with E-state index >= 15 is 0 Å². The summed E-state index contributed by atoms with van der Waals surface area (Å²) in [5, 5.41) is 4.19. The zero-order chi connectivity index (χ0) is 16.4. The molecule has 0 radical (unpaired) electrons. The summed E-state index contributed by atoms with van der Waals surface area (Å²) < 4.78 is 2.12. The Kier molecular flexibility index (Phi) is 4.44. The maximum atomic E-state index is 12.4. The molecule has 0 aliphatic rings. The van der Waals surface area contributed by atoms with Crippen LogP contribution in [0.25, 0.3) is 10.9 Å². The average Bonchev–Trinajstić information content (AvgIpc) is 2.82. The minimum atomic E-state index is 0.00931. The fraction of sp³-hybridized carbons (Fsp3) is 0.211. The van der Waals surface area contributed by atoms with Gasteiger partial charge in [-0.15, -0.1) is 11.8 Å². The molecular weight excluding hydrogens is 304 g/mol. The van der Waals surface area contributed by atoms with E-state index in [9.17, 15) is 4.79 Å². The Hall–Kier alpha value is -2.20. The van der Waals surface area contributed by atoms with E-state index in [4.69, 9.17) is 0 Å². The molecule has 118 valence electrons. The number of thioether (sulfide) groups is 1. The number of hydrogen-bond acceptors (Lipinski definition) is 2. The van der Waals surface area contributed by atoms with Crippen LogP contribution in [0.3, 0.4) is 0 Å². The van der Waals surface area contributed by atoms with Gasteiger partial charge in [0.25, 0.3) is 0 Å². The normalized spacial score (nSPS) is 10.9. The van der Waals surface area contributed by atoms with Crippen molar-refractivity contribution >= 4 is 34.3 Å². The van der Waals surface area contributed by atoms with Gasteiger partial charge in [-0.3, -0.25) is 4.79 Å². The zero-order valence-electron chi connectivity index (χ0n) is 13.6. The third kappa shape index (κ3) is 3.13. The number of nitrogens with one attached hydrogen (secondary N) is 1. The lowest BCUT2D eigenvalue weighted by Gasteiger charge is -2.08. The van der Waals surface area contributed by atoms with E-state index in [1.54, 1.807) is 11.8 Å². The molecule has 1 N–H and O–H groups in total. The fourth-order valence-electron chi connectivity index (χ4n) is 2.83. The van der Waals surface area contributed by atoms with Gasteiger partial charge in [0.15, 0.2) is 0 Å². The topological polar surface area (TPSA) is 34.0 Å². The molecule has 3 nitrogen and oxygen atoms in total. The van der Waals surface area contributed by atoms with Gasteiger partial charge in [-0.2, -0.15) is 0 Å². The number of amides is 1. The summed E-state index contributed by atoms with van der Waals surface area (Å²) in [5.74, 6) is 0.00931. The number of carbonyl (C=O) groups excluding carboxylic acids is 1. The van der Waals surface area contributed by atoms with Crippen LogP contribution in [0.4, 0.5) is 5.69 Å². The summed E-state index contributed by atoms with van der Waals surface area (Å²) in [4.78, 5) is 13.6. The minimum absolute atomic E-state index is 0.00931. The van der Waals surface area contributed by atoms with Crippen LogP contribution in [0.2, 0.25) is 0 Å². The van der Waals surface area contributed by atoms with E-state index in [1.807, 2.05) is 50.4 Å². The Labute approximate surface area is 140 Å². The van der Waals surface area contributed by atoms with E-state index in [1.165, 1.54) is 15.8 Å². The quantitative estimate of drug-likeness (QED) is 0.722. The minimum Gasteiger partial charge on any atom is -0.346 e. The Morgan fingerprint density at radius 1 is 1.13 bits per heavy atom. The summed E-state index contributed by atoms with van der Waals surface area (Å²) >= 11 is 1.70. The van der Waals surface area contributed by atoms with Crippen molar-refractivity contribution in [3.05, 3.63) is 59.8 Å². The number of hydrogen-bond donors (Lipinski definition) is 1. The van der Waals surface area contributed by atoms with E-state index in [0.29, 0.717) is 6.42 Å². The van der Waals surface area contributed by atoms with Gasteiger partial charge >= 0.3 is 0 Å². The van der Waals surface area contributed by atoms with Crippen molar-refractivity contribution in [2.45, 2.75) is 18.2 Å². The number of fused-ring (bicyclic) bond motifs is 1. The molecule has 0 unspecified atom stereocenters. The number of aromatic nitrogens is 1. The molecular formula is C19H20N2OS. The third-order valence-electron chi connectivity index (χ3n) is 4.04. The molecule has 0 saturated carbocycles. The van der Waals surface area contributed by atoms with Crippen LogP contribution < -0.4 is 5.32 Å².